The van der Waals surface area contributed by atoms with Gasteiger partial charge in [0.15, 0.2) is 25.2 Å². The lowest BCUT2D eigenvalue weighted by molar-refractivity contribution is -0.385. The first kappa shape index (κ1) is 56.7. The average molecular weight is 1070 g/mol. The zero-order chi connectivity index (χ0) is 54.4. The van der Waals surface area contributed by atoms with E-state index in [9.17, 15) is 66.1 Å². The van der Waals surface area contributed by atoms with Crippen molar-refractivity contribution in [2.75, 3.05) is 19.8 Å². The Morgan fingerprint density at radius 3 is 1.99 bits per heavy atom. The van der Waals surface area contributed by atoms with Gasteiger partial charge < -0.3 is 104 Å². The molecule has 22 nitrogen and oxygen atoms in total. The number of aliphatic hydroxyl groups excluding tert-OH is 12. The van der Waals surface area contributed by atoms with E-state index in [1.165, 1.54) is 12.5 Å². The second-order valence-electron chi connectivity index (χ2n) is 26.1. The highest BCUT2D eigenvalue weighted by Crippen LogP contribution is 2.77. The van der Waals surface area contributed by atoms with Crippen LogP contribution in [0.1, 0.15) is 107 Å². The Labute approximate surface area is 437 Å². The molecule has 2 bridgehead atoms. The van der Waals surface area contributed by atoms with Gasteiger partial charge in [-0.2, -0.15) is 0 Å². The van der Waals surface area contributed by atoms with Crippen molar-refractivity contribution in [1.82, 2.24) is 0 Å². The van der Waals surface area contributed by atoms with Crippen LogP contribution in [0.25, 0.3) is 0 Å². The van der Waals surface area contributed by atoms with Crippen LogP contribution in [-0.2, 0) is 47.4 Å². The fourth-order valence-electron chi connectivity index (χ4n) is 16.6. The molecule has 5 aliphatic heterocycles. The van der Waals surface area contributed by atoms with Gasteiger partial charge in [-0.15, -0.1) is 0 Å². The molecule has 12 N–H and O–H groups in total. The fourth-order valence-corrected chi connectivity index (χ4v) is 16.6. The number of aliphatic hydroxyl groups is 12. The van der Waals surface area contributed by atoms with E-state index in [2.05, 4.69) is 54.5 Å². The summed E-state index contributed by atoms with van der Waals surface area (Å²) in [6.45, 7) is 15.4. The van der Waals surface area contributed by atoms with Crippen LogP contribution in [0.15, 0.2) is 11.6 Å². The fraction of sp³-hybridized carbons (Fsp3) is 0.943. The molecule has 0 amide bonds. The first-order chi connectivity index (χ1) is 35.1. The third-order valence-corrected chi connectivity index (χ3v) is 21.4. The number of carbonyl (C=O) groups excluding carboxylic acids is 1. The van der Waals surface area contributed by atoms with Gasteiger partial charge in [0.05, 0.1) is 38.1 Å². The standard InChI is InChI=1S/C53H84O22/c1-21-32(57)37(62)41(74-43-39(64)33(58)24(55)19-67-43)45(69-21)68-20-26-35(60)38(63)42(75-44-40(65)36(61)34(59)25(18-54)70-44)46(71-26)72-30-12-13-50(6)27(49(30,4)5)11-14-51(7)28(50)10-9-22-23-15-48(2,3)31-17-53(23,47(66)73-31)29(56)16-52(22,51)8/h9,21,23-46,54-65H,10-20H2,1-8H3. The number of ether oxygens (including phenoxy) is 9. The zero-order valence-electron chi connectivity index (χ0n) is 44.2. The normalized spacial score (nSPS) is 56.1. The van der Waals surface area contributed by atoms with Crippen LogP contribution in [0.2, 0.25) is 0 Å². The molecule has 4 saturated carbocycles. The van der Waals surface area contributed by atoms with Gasteiger partial charge in [-0.25, -0.2) is 0 Å². The van der Waals surface area contributed by atoms with Gasteiger partial charge in [-0.3, -0.25) is 4.79 Å². The van der Waals surface area contributed by atoms with Crippen molar-refractivity contribution < 1.29 is 109 Å². The molecular weight excluding hydrogens is 989 g/mol. The van der Waals surface area contributed by atoms with E-state index in [4.69, 9.17) is 42.6 Å². The lowest BCUT2D eigenvalue weighted by Gasteiger charge is -2.71. The van der Waals surface area contributed by atoms with Gasteiger partial charge in [-0.05, 0) is 91.3 Å². The van der Waals surface area contributed by atoms with E-state index in [0.717, 1.165) is 25.7 Å². The molecular formula is C53H84O22. The summed E-state index contributed by atoms with van der Waals surface area (Å²) in [4.78, 5) is 13.8. The molecule has 29 unspecified atom stereocenters. The predicted molar refractivity (Wildman–Crippen MR) is 255 cm³/mol. The Bertz CT molecular complexity index is 2130. The van der Waals surface area contributed by atoms with Crippen LogP contribution in [-0.4, -0.2) is 222 Å². The summed E-state index contributed by atoms with van der Waals surface area (Å²) in [5, 5.41) is 131. The summed E-state index contributed by atoms with van der Waals surface area (Å²) < 4.78 is 54.6. The molecule has 428 valence electrons. The maximum atomic E-state index is 13.8. The monoisotopic (exact) mass is 1070 g/mol. The van der Waals surface area contributed by atoms with Crippen molar-refractivity contribution in [1.29, 1.82) is 0 Å². The van der Waals surface area contributed by atoms with E-state index < -0.39 is 165 Å². The lowest BCUT2D eigenvalue weighted by Crippen LogP contribution is -2.68. The van der Waals surface area contributed by atoms with Crippen molar-refractivity contribution in [3.63, 3.8) is 0 Å². The summed E-state index contributed by atoms with van der Waals surface area (Å²) >= 11 is 0. The van der Waals surface area contributed by atoms with Gasteiger partial charge in [-0.1, -0.05) is 60.1 Å². The molecule has 0 aromatic rings. The summed E-state index contributed by atoms with van der Waals surface area (Å²) in [5.74, 6) is -0.138. The van der Waals surface area contributed by atoms with Crippen molar-refractivity contribution in [3.8, 4) is 0 Å². The smallest absolute Gasteiger partial charge is 0.315 e. The van der Waals surface area contributed by atoms with Gasteiger partial charge in [0.25, 0.3) is 0 Å². The van der Waals surface area contributed by atoms with E-state index in [0.29, 0.717) is 25.7 Å². The molecule has 29 atom stereocenters. The van der Waals surface area contributed by atoms with Gasteiger partial charge in [0.1, 0.15) is 97.0 Å². The topological polar surface area (TPSA) is 343 Å². The van der Waals surface area contributed by atoms with Gasteiger partial charge >= 0.3 is 5.97 Å². The molecule has 10 rings (SSSR count). The highest BCUT2D eigenvalue weighted by molar-refractivity contribution is 5.82. The van der Waals surface area contributed by atoms with E-state index in [1.807, 2.05) is 0 Å². The number of hydrogen-bond acceptors (Lipinski definition) is 22. The number of rotatable bonds is 10. The third kappa shape index (κ3) is 8.68. The minimum Gasteiger partial charge on any atom is -0.461 e. The highest BCUT2D eigenvalue weighted by Gasteiger charge is 2.75. The van der Waals surface area contributed by atoms with Crippen LogP contribution in [0, 0.1) is 50.2 Å². The zero-order valence-corrected chi connectivity index (χ0v) is 44.2. The molecule has 75 heavy (non-hydrogen) atoms. The van der Waals surface area contributed by atoms with Crippen LogP contribution in [0.4, 0.5) is 0 Å². The molecule has 0 aromatic heterocycles. The number of carbonyl (C=O) groups is 1. The van der Waals surface area contributed by atoms with Crippen LogP contribution < -0.4 is 0 Å². The second kappa shape index (κ2) is 19.8. The molecule has 1 spiro atoms. The summed E-state index contributed by atoms with van der Waals surface area (Å²) in [7, 11) is 0. The summed E-state index contributed by atoms with van der Waals surface area (Å²) in [5.41, 5.74) is -1.36. The largest absolute Gasteiger partial charge is 0.461 e. The number of esters is 1. The average Bonchev–Trinajstić information content (AvgIpc) is 3.79. The first-order valence-corrected chi connectivity index (χ1v) is 27.2. The Balaban J connectivity index is 0.907. The molecule has 5 saturated heterocycles. The molecule has 5 heterocycles. The number of hydrogen-bond donors (Lipinski definition) is 12. The molecule has 5 aliphatic carbocycles. The minimum absolute atomic E-state index is 0.0719. The predicted octanol–water partition coefficient (Wildman–Crippen LogP) is -1.38. The highest BCUT2D eigenvalue weighted by atomic mass is 16.8. The van der Waals surface area contributed by atoms with Crippen molar-refractivity contribution >= 4 is 5.97 Å². The van der Waals surface area contributed by atoms with E-state index >= 15 is 0 Å². The Morgan fingerprint density at radius 2 is 1.28 bits per heavy atom. The SMILES string of the molecule is CC1OC(OCC2OC(OC3CCC4(C)C(CCC5(C)C4CC=C4C6CC(C)(C)C7CC6(C(=O)O7)C(O)CC45C)C3(C)C)C(OC3OC(CO)C(O)C(O)C3O)C(O)C2O)C(OC2OCC(O)C(O)C2O)C(O)C1O. The van der Waals surface area contributed by atoms with Crippen molar-refractivity contribution in [3.05, 3.63) is 11.6 Å². The van der Waals surface area contributed by atoms with Crippen LogP contribution in [0.3, 0.4) is 0 Å². The van der Waals surface area contributed by atoms with Gasteiger partial charge in [0, 0.05) is 11.8 Å². The summed E-state index contributed by atoms with van der Waals surface area (Å²) in [6, 6.07) is 0. The summed E-state index contributed by atoms with van der Waals surface area (Å²) in [6.07, 6.45) is -24.4. The molecule has 0 aromatic carbocycles. The molecule has 0 radical (unpaired) electrons. The van der Waals surface area contributed by atoms with E-state index in [-0.39, 0.29) is 46.1 Å². The van der Waals surface area contributed by atoms with Crippen LogP contribution in [0.5, 0.6) is 0 Å². The maximum absolute atomic E-state index is 13.8. The Morgan fingerprint density at radius 1 is 0.640 bits per heavy atom. The minimum atomic E-state index is -1.88. The second-order valence-corrected chi connectivity index (χ2v) is 26.1. The molecule has 22 heteroatoms. The lowest BCUT2D eigenvalue weighted by atomic mass is 9.33. The Kier molecular flexibility index (Phi) is 15.0. The van der Waals surface area contributed by atoms with Crippen molar-refractivity contribution in [2.45, 2.75) is 242 Å². The Hall–Kier alpha value is -1.59. The number of allylic oxidation sites excluding steroid dienone is 2. The third-order valence-electron chi connectivity index (χ3n) is 21.4. The molecule has 9 fully saturated rings. The quantitative estimate of drug-likeness (QED) is 0.0681. The maximum Gasteiger partial charge on any atom is 0.315 e. The molecule has 10 aliphatic rings. The number of fused-ring (bicyclic) bond motifs is 7. The van der Waals surface area contributed by atoms with Crippen molar-refractivity contribution in [2.24, 2.45) is 50.2 Å². The van der Waals surface area contributed by atoms with Crippen LogP contribution >= 0.6 is 0 Å². The van der Waals surface area contributed by atoms with Gasteiger partial charge in [0.2, 0.25) is 0 Å². The van der Waals surface area contributed by atoms with E-state index in [1.54, 1.807) is 0 Å². The first-order valence-electron chi connectivity index (χ1n) is 27.2.